The molecular formula is C12H23N3O2. The van der Waals surface area contributed by atoms with Crippen LogP contribution in [0.25, 0.3) is 0 Å². The second kappa shape index (κ2) is 6.00. The average molecular weight is 241 g/mol. The zero-order valence-electron chi connectivity index (χ0n) is 10.9. The number of amides is 2. The first kappa shape index (κ1) is 14.0. The van der Waals surface area contributed by atoms with Crippen molar-refractivity contribution in [3.8, 4) is 0 Å². The molecule has 0 aromatic rings. The molecule has 0 radical (unpaired) electrons. The summed E-state index contributed by atoms with van der Waals surface area (Å²) in [5, 5.41) is 2.81. The molecule has 0 spiro atoms. The van der Waals surface area contributed by atoms with E-state index in [0.29, 0.717) is 25.9 Å². The van der Waals surface area contributed by atoms with E-state index in [9.17, 15) is 9.59 Å². The molecule has 0 saturated carbocycles. The van der Waals surface area contributed by atoms with E-state index in [1.54, 1.807) is 4.90 Å². The Bertz CT molecular complexity index is 291. The Balaban J connectivity index is 2.36. The van der Waals surface area contributed by atoms with Gasteiger partial charge in [-0.1, -0.05) is 6.92 Å². The minimum Gasteiger partial charge on any atom is -0.354 e. The second-order valence-electron chi connectivity index (χ2n) is 5.16. The third-order valence-corrected chi connectivity index (χ3v) is 3.07. The Hall–Kier alpha value is -1.10. The molecule has 0 bridgehead atoms. The first-order valence-electron chi connectivity index (χ1n) is 6.23. The highest BCUT2D eigenvalue weighted by Crippen LogP contribution is 2.16. The number of carbonyl (C=O) groups excluding carboxylic acids is 2. The van der Waals surface area contributed by atoms with Gasteiger partial charge in [0.05, 0.1) is 0 Å². The quantitative estimate of drug-likeness (QED) is 0.733. The molecule has 1 saturated heterocycles. The summed E-state index contributed by atoms with van der Waals surface area (Å²) in [5.41, 5.74) is 5.92. The Morgan fingerprint density at radius 2 is 2.24 bits per heavy atom. The maximum absolute atomic E-state index is 11.7. The van der Waals surface area contributed by atoms with Crippen LogP contribution in [0.2, 0.25) is 0 Å². The number of hydrogen-bond acceptors (Lipinski definition) is 3. The fourth-order valence-corrected chi connectivity index (χ4v) is 1.94. The van der Waals surface area contributed by atoms with E-state index in [-0.39, 0.29) is 29.8 Å². The van der Waals surface area contributed by atoms with Gasteiger partial charge in [0.2, 0.25) is 11.8 Å². The number of hydrogen-bond donors (Lipinski definition) is 2. The fourth-order valence-electron chi connectivity index (χ4n) is 1.94. The van der Waals surface area contributed by atoms with Gasteiger partial charge in [-0.2, -0.15) is 0 Å². The summed E-state index contributed by atoms with van der Waals surface area (Å²) in [7, 11) is 0. The number of rotatable bonds is 4. The molecule has 1 heterocycles. The summed E-state index contributed by atoms with van der Waals surface area (Å²) in [6.45, 7) is 6.86. The van der Waals surface area contributed by atoms with Gasteiger partial charge in [0.25, 0.3) is 0 Å². The molecule has 98 valence electrons. The monoisotopic (exact) mass is 241 g/mol. The van der Waals surface area contributed by atoms with Gasteiger partial charge in [-0.05, 0) is 19.8 Å². The molecule has 5 nitrogen and oxygen atoms in total. The Morgan fingerprint density at radius 1 is 1.59 bits per heavy atom. The van der Waals surface area contributed by atoms with Crippen molar-refractivity contribution in [3.05, 3.63) is 0 Å². The van der Waals surface area contributed by atoms with Crippen molar-refractivity contribution < 1.29 is 9.59 Å². The number of carbonyl (C=O) groups is 2. The zero-order valence-corrected chi connectivity index (χ0v) is 10.9. The maximum Gasteiger partial charge on any atom is 0.222 e. The van der Waals surface area contributed by atoms with E-state index in [1.165, 1.54) is 0 Å². The van der Waals surface area contributed by atoms with Crippen LogP contribution >= 0.6 is 0 Å². The maximum atomic E-state index is 11.7. The highest BCUT2D eigenvalue weighted by atomic mass is 16.2. The van der Waals surface area contributed by atoms with Crippen LogP contribution in [0, 0.1) is 5.92 Å². The van der Waals surface area contributed by atoms with Crippen molar-refractivity contribution in [2.45, 2.75) is 45.7 Å². The molecule has 2 amide bonds. The van der Waals surface area contributed by atoms with Crippen LogP contribution in [0.1, 0.15) is 33.6 Å². The number of piperidine rings is 1. The van der Waals surface area contributed by atoms with Crippen molar-refractivity contribution in [3.63, 3.8) is 0 Å². The lowest BCUT2D eigenvalue weighted by Crippen LogP contribution is -2.51. The van der Waals surface area contributed by atoms with Crippen molar-refractivity contribution in [1.82, 2.24) is 10.2 Å². The standard InChI is InChI=1S/C12H23N3O2/c1-8(2)14-11(16)4-5-15-7-10(13)9(3)6-12(15)17/h8-10H,4-7,13H2,1-3H3,(H,14,16). The Kier molecular flexibility index (Phi) is 4.93. The van der Waals surface area contributed by atoms with Crippen LogP contribution in [0.5, 0.6) is 0 Å². The lowest BCUT2D eigenvalue weighted by atomic mass is 9.93. The molecule has 5 heteroatoms. The number of nitrogens with two attached hydrogens (primary N) is 1. The highest BCUT2D eigenvalue weighted by Gasteiger charge is 2.28. The van der Waals surface area contributed by atoms with Crippen LogP contribution in [0.3, 0.4) is 0 Å². The third-order valence-electron chi connectivity index (χ3n) is 3.07. The van der Waals surface area contributed by atoms with Gasteiger partial charge in [-0.3, -0.25) is 9.59 Å². The molecule has 0 aliphatic carbocycles. The SMILES string of the molecule is CC(C)NC(=O)CCN1CC(N)C(C)CC1=O. The predicted molar refractivity (Wildman–Crippen MR) is 66.2 cm³/mol. The molecule has 2 atom stereocenters. The zero-order chi connectivity index (χ0) is 13.0. The summed E-state index contributed by atoms with van der Waals surface area (Å²) in [5.74, 6) is 0.333. The van der Waals surface area contributed by atoms with Gasteiger partial charge >= 0.3 is 0 Å². The van der Waals surface area contributed by atoms with Gasteiger partial charge < -0.3 is 16.0 Å². The molecule has 0 aromatic heterocycles. The van der Waals surface area contributed by atoms with Crippen LogP contribution in [0.15, 0.2) is 0 Å². The van der Waals surface area contributed by atoms with Crippen molar-refractivity contribution in [2.24, 2.45) is 11.7 Å². The molecule has 1 fully saturated rings. The van der Waals surface area contributed by atoms with Crippen LogP contribution < -0.4 is 11.1 Å². The largest absolute Gasteiger partial charge is 0.354 e. The van der Waals surface area contributed by atoms with E-state index in [1.807, 2.05) is 20.8 Å². The van der Waals surface area contributed by atoms with Gasteiger partial charge in [-0.25, -0.2) is 0 Å². The molecule has 1 aliphatic heterocycles. The van der Waals surface area contributed by atoms with Crippen molar-refractivity contribution in [2.75, 3.05) is 13.1 Å². The normalized spacial score (nSPS) is 25.2. The van der Waals surface area contributed by atoms with Gasteiger partial charge in [0.1, 0.15) is 0 Å². The van der Waals surface area contributed by atoms with E-state index >= 15 is 0 Å². The Labute approximate surface area is 103 Å². The fraction of sp³-hybridized carbons (Fsp3) is 0.833. The highest BCUT2D eigenvalue weighted by molar-refractivity contribution is 5.80. The first-order valence-corrected chi connectivity index (χ1v) is 6.23. The molecule has 2 unspecified atom stereocenters. The van der Waals surface area contributed by atoms with E-state index in [4.69, 9.17) is 5.73 Å². The molecule has 1 aliphatic rings. The smallest absolute Gasteiger partial charge is 0.222 e. The van der Waals surface area contributed by atoms with Crippen molar-refractivity contribution >= 4 is 11.8 Å². The van der Waals surface area contributed by atoms with E-state index in [0.717, 1.165) is 0 Å². The lowest BCUT2D eigenvalue weighted by Gasteiger charge is -2.34. The number of nitrogens with one attached hydrogen (secondary N) is 1. The van der Waals surface area contributed by atoms with Gasteiger partial charge in [0.15, 0.2) is 0 Å². The van der Waals surface area contributed by atoms with Crippen LogP contribution in [-0.4, -0.2) is 41.9 Å². The molecule has 17 heavy (non-hydrogen) atoms. The summed E-state index contributed by atoms with van der Waals surface area (Å²) in [6.07, 6.45) is 0.845. The van der Waals surface area contributed by atoms with Crippen molar-refractivity contribution in [1.29, 1.82) is 0 Å². The van der Waals surface area contributed by atoms with Crippen LogP contribution in [-0.2, 0) is 9.59 Å². The van der Waals surface area contributed by atoms with E-state index < -0.39 is 0 Å². The molecular weight excluding hydrogens is 218 g/mol. The molecule has 3 N–H and O–H groups in total. The molecule has 1 rings (SSSR count). The molecule has 0 aromatic carbocycles. The minimum atomic E-state index is -0.0139. The minimum absolute atomic E-state index is 0.0139. The number of nitrogens with zero attached hydrogens (tertiary/aromatic N) is 1. The van der Waals surface area contributed by atoms with Crippen LogP contribution in [0.4, 0.5) is 0 Å². The summed E-state index contributed by atoms with van der Waals surface area (Å²) in [6, 6.07) is 0.169. The van der Waals surface area contributed by atoms with E-state index in [2.05, 4.69) is 5.32 Å². The third kappa shape index (κ3) is 4.34. The summed E-state index contributed by atoms with van der Waals surface area (Å²) >= 11 is 0. The lowest BCUT2D eigenvalue weighted by molar-refractivity contribution is -0.136. The summed E-state index contributed by atoms with van der Waals surface area (Å²) in [4.78, 5) is 24.9. The first-order chi connectivity index (χ1) is 7.90. The average Bonchev–Trinajstić information content (AvgIpc) is 2.20. The van der Waals surface area contributed by atoms with Gasteiger partial charge in [-0.15, -0.1) is 0 Å². The predicted octanol–water partition coefficient (Wildman–Crippen LogP) is 0.0968. The number of likely N-dealkylation sites (tertiary alicyclic amines) is 1. The topological polar surface area (TPSA) is 75.4 Å². The second-order valence-corrected chi connectivity index (χ2v) is 5.16. The summed E-state index contributed by atoms with van der Waals surface area (Å²) < 4.78 is 0. The Morgan fingerprint density at radius 3 is 2.82 bits per heavy atom. The van der Waals surface area contributed by atoms with Gasteiger partial charge in [0, 0.05) is 38.0 Å².